The van der Waals surface area contributed by atoms with E-state index in [9.17, 15) is 57.5 Å². The third kappa shape index (κ3) is 14.7. The molecule has 7 aromatic rings. The number of esters is 2. The summed E-state index contributed by atoms with van der Waals surface area (Å²) in [5, 5.41) is 5.45. The fraction of sp³-hybridized carbons (Fsp3) is 0.270. The first-order chi connectivity index (χ1) is 42.9. The maximum absolute atomic E-state index is 12.8. The fourth-order valence-corrected chi connectivity index (χ4v) is 9.96. The lowest BCUT2D eigenvalue weighted by Gasteiger charge is -2.20. The van der Waals surface area contributed by atoms with Crippen LogP contribution in [0.5, 0.6) is 0 Å². The van der Waals surface area contributed by atoms with Crippen molar-refractivity contribution in [3.05, 3.63) is 235 Å². The Morgan fingerprint density at radius 3 is 1.21 bits per heavy atom. The molecule has 0 radical (unpaired) electrons. The highest BCUT2D eigenvalue weighted by Crippen LogP contribution is 2.33. The van der Waals surface area contributed by atoms with Gasteiger partial charge in [0.15, 0.2) is 40.5 Å². The van der Waals surface area contributed by atoms with Crippen LogP contribution in [0.3, 0.4) is 0 Å². The van der Waals surface area contributed by atoms with Crippen LogP contribution in [0.2, 0.25) is 0 Å². The highest BCUT2D eigenvalue weighted by atomic mass is 16.5. The normalized spacial score (nSPS) is 13.0. The molecule has 16 heteroatoms. The van der Waals surface area contributed by atoms with E-state index < -0.39 is 10.8 Å². The van der Waals surface area contributed by atoms with Crippen LogP contribution >= 0.6 is 0 Å². The largest absolute Gasteiger partial charge is 0.465 e. The van der Waals surface area contributed by atoms with Crippen molar-refractivity contribution >= 4 is 81.4 Å². The predicted octanol–water partition coefficient (Wildman–Crippen LogP) is 13.0. The Morgan fingerprint density at radius 2 is 0.789 bits per heavy atom. The number of rotatable bonds is 19. The summed E-state index contributed by atoms with van der Waals surface area (Å²) in [5.74, 6) is -2.60. The van der Waals surface area contributed by atoms with Gasteiger partial charge in [-0.3, -0.25) is 57.5 Å². The van der Waals surface area contributed by atoms with Crippen molar-refractivity contribution in [2.45, 2.75) is 100 Å². The van der Waals surface area contributed by atoms with E-state index >= 15 is 0 Å². The van der Waals surface area contributed by atoms with Crippen LogP contribution in [0.25, 0.3) is 0 Å². The molecule has 0 spiro atoms. The topological polar surface area (TPSA) is 247 Å². The number of carbonyl (C=O) groups excluding carboxylic acids is 12. The number of carbonyl (C=O) groups is 12. The predicted molar refractivity (Wildman–Crippen MR) is 339 cm³/mol. The van der Waals surface area contributed by atoms with Gasteiger partial charge in [0.2, 0.25) is 5.91 Å². The van der Waals surface area contributed by atoms with Gasteiger partial charge >= 0.3 is 11.9 Å². The third-order valence-corrected chi connectivity index (χ3v) is 16.5. The molecule has 1 unspecified atom stereocenters. The van der Waals surface area contributed by atoms with Crippen LogP contribution in [0.15, 0.2) is 152 Å². The molecule has 3 aliphatic rings. The van der Waals surface area contributed by atoms with Crippen molar-refractivity contribution in [3.63, 3.8) is 0 Å². The number of ketones is 8. The van der Waals surface area contributed by atoms with Crippen LogP contribution in [-0.4, -0.2) is 83.2 Å². The van der Waals surface area contributed by atoms with Gasteiger partial charge in [0.05, 0.1) is 23.9 Å². The Morgan fingerprint density at radius 1 is 0.422 bits per heavy atom. The van der Waals surface area contributed by atoms with E-state index in [0.717, 1.165) is 6.42 Å². The van der Waals surface area contributed by atoms with Crippen molar-refractivity contribution in [1.29, 1.82) is 0 Å². The van der Waals surface area contributed by atoms with Crippen LogP contribution in [0.1, 0.15) is 216 Å². The second kappa shape index (κ2) is 28.3. The third-order valence-electron chi connectivity index (χ3n) is 16.5. The Bertz CT molecular complexity index is 4070. The van der Waals surface area contributed by atoms with Gasteiger partial charge in [-0.1, -0.05) is 125 Å². The molecule has 1 atom stereocenters. The Balaban J connectivity index is 0.000000174. The average molecular weight is 1210 g/mol. The second-order valence-corrected chi connectivity index (χ2v) is 23.6. The summed E-state index contributed by atoms with van der Waals surface area (Å²) in [6.07, 6.45) is 3.00. The fourth-order valence-electron chi connectivity index (χ4n) is 9.96. The molecule has 0 heterocycles. The lowest BCUT2D eigenvalue weighted by Crippen LogP contribution is -2.27. The zero-order valence-corrected chi connectivity index (χ0v) is 51.6. The molecule has 460 valence electrons. The molecular formula is C74H70N2O14. The highest BCUT2D eigenvalue weighted by Gasteiger charge is 2.34. The molecule has 2 N–H and O–H groups in total. The van der Waals surface area contributed by atoms with E-state index in [1.54, 1.807) is 153 Å². The first-order valence-electron chi connectivity index (χ1n) is 30.0. The molecular weight excluding hydrogens is 1140 g/mol. The van der Waals surface area contributed by atoms with Gasteiger partial charge in [0.25, 0.3) is 5.91 Å². The number of anilines is 2. The van der Waals surface area contributed by atoms with E-state index in [1.165, 1.54) is 12.1 Å². The molecule has 0 aromatic heterocycles. The van der Waals surface area contributed by atoms with Crippen LogP contribution in [0.4, 0.5) is 11.4 Å². The second-order valence-electron chi connectivity index (χ2n) is 23.6. The minimum atomic E-state index is -0.585. The van der Waals surface area contributed by atoms with Gasteiger partial charge < -0.3 is 20.1 Å². The monoisotopic (exact) mass is 1210 g/mol. The number of fused-ring (bicyclic) bond motifs is 6. The molecule has 0 fully saturated rings. The summed E-state index contributed by atoms with van der Waals surface area (Å²) in [6, 6.07) is 41.0. The number of Topliss-reactive ketones (excluding diaryl/α,β-unsaturated/α-hetero) is 2. The highest BCUT2D eigenvalue weighted by molar-refractivity contribution is 6.30. The lowest BCUT2D eigenvalue weighted by atomic mass is 9.83. The number of hydrogen-bond acceptors (Lipinski definition) is 14. The van der Waals surface area contributed by atoms with Gasteiger partial charge in [-0.15, -0.1) is 0 Å². The van der Waals surface area contributed by atoms with Crippen molar-refractivity contribution in [2.75, 3.05) is 23.8 Å². The molecule has 0 saturated heterocycles. The van der Waals surface area contributed by atoms with Crippen molar-refractivity contribution < 1.29 is 67.0 Å². The lowest BCUT2D eigenvalue weighted by molar-refractivity contribution is -0.155. The molecule has 16 nitrogen and oxygen atoms in total. The number of amides is 2. The summed E-state index contributed by atoms with van der Waals surface area (Å²) < 4.78 is 10.4. The smallest absolute Gasteiger partial charge is 0.311 e. The summed E-state index contributed by atoms with van der Waals surface area (Å²) in [7, 11) is 0. The van der Waals surface area contributed by atoms with E-state index in [-0.39, 0.29) is 120 Å². The van der Waals surface area contributed by atoms with Gasteiger partial charge in [0.1, 0.15) is 12.4 Å². The first-order valence-corrected chi connectivity index (χ1v) is 30.0. The van der Waals surface area contributed by atoms with Crippen LogP contribution in [-0.2, 0) is 35.1 Å². The Hall–Kier alpha value is -10.2. The van der Waals surface area contributed by atoms with E-state index in [0.29, 0.717) is 103 Å². The number of ether oxygens (including phenoxy) is 2. The summed E-state index contributed by atoms with van der Waals surface area (Å²) >= 11 is 0. The molecule has 3 aliphatic carbocycles. The molecule has 0 bridgehead atoms. The van der Waals surface area contributed by atoms with Gasteiger partial charge in [0, 0.05) is 108 Å². The van der Waals surface area contributed by atoms with Gasteiger partial charge in [-0.25, -0.2) is 0 Å². The van der Waals surface area contributed by atoms with Crippen LogP contribution < -0.4 is 10.6 Å². The molecule has 10 rings (SSSR count). The van der Waals surface area contributed by atoms with E-state index in [4.69, 9.17) is 9.47 Å². The van der Waals surface area contributed by atoms with E-state index in [1.807, 2.05) is 41.5 Å². The first kappa shape index (κ1) is 65.7. The molecule has 0 saturated carbocycles. The maximum atomic E-state index is 12.8. The summed E-state index contributed by atoms with van der Waals surface area (Å²) in [5.41, 5.74) is 5.63. The molecule has 90 heavy (non-hydrogen) atoms. The molecule has 0 aliphatic heterocycles. The summed E-state index contributed by atoms with van der Waals surface area (Å²) in [6.45, 7) is 15.1. The molecule has 7 aromatic carbocycles. The van der Waals surface area contributed by atoms with Crippen LogP contribution in [0, 0.1) is 16.7 Å². The van der Waals surface area contributed by atoms with Gasteiger partial charge in [-0.2, -0.15) is 0 Å². The van der Waals surface area contributed by atoms with Crippen molar-refractivity contribution in [2.24, 2.45) is 16.7 Å². The van der Waals surface area contributed by atoms with E-state index in [2.05, 4.69) is 10.6 Å². The minimum Gasteiger partial charge on any atom is -0.465 e. The minimum absolute atomic E-state index is 0.00166. The Labute approximate surface area is 522 Å². The number of hydrogen-bond donors (Lipinski definition) is 2. The SMILES string of the molecule is CCC(C)(C)C(=O)OCCC(=O)Nc1ccc2c(c1)C(=O)c1ccccc1C2=O.CCC(C)(C)C(=O)OCCCC(=O)Cc1ccc2c(c1)C(=O)c1ccccc1C2=O.CCC(C)C(=O)c1ccc(C(=O)Nc2ccc3c(c2)C(=O)c2ccccc2C3=O)cc1. The zero-order valence-electron chi connectivity index (χ0n) is 51.6. The summed E-state index contributed by atoms with van der Waals surface area (Å²) in [4.78, 5) is 150. The van der Waals surface area contributed by atoms with Crippen molar-refractivity contribution in [1.82, 2.24) is 0 Å². The number of nitrogens with one attached hydrogen (secondary N) is 2. The Kier molecular flexibility index (Phi) is 20.7. The zero-order chi connectivity index (χ0) is 65.2. The average Bonchev–Trinajstić information content (AvgIpc) is 1.16. The van der Waals surface area contributed by atoms with Crippen molar-refractivity contribution in [3.8, 4) is 0 Å². The molecule has 2 amide bonds. The standard InChI is InChI=1S/C26H21NO4.C25H26O5.C23H23NO5/c1-3-15(2)23(28)16-8-10-17(11-9-16)26(31)27-18-12-13-21-22(14-18)25(30)20-7-5-4-6-19(20)24(21)29;1-4-25(2,3)24(29)30-13-7-8-17(26)14-16-11-12-20-21(15-16)23(28)19-10-6-5-9-18(19)22(20)27;1-4-23(2,3)22(28)29-12-11-19(25)24-14-9-10-17-18(13-14)21(27)16-8-6-5-7-15(16)20(17)26/h4-15H,3H2,1-2H3,(H,27,31);5-6,9-12,15H,4,7-8,13-14H2,1-3H3;5-10,13H,4,11-12H2,1-3H3,(H,24,25). The quantitative estimate of drug-likeness (QED) is 0.0434. The maximum Gasteiger partial charge on any atom is 0.311 e. The van der Waals surface area contributed by atoms with Gasteiger partial charge in [-0.05, 0) is 114 Å². The number of benzene rings is 7.